The highest BCUT2D eigenvalue weighted by molar-refractivity contribution is 14.2. The molecule has 1 N–H and O–H groups in total. The summed E-state index contributed by atoms with van der Waals surface area (Å²) in [5.74, 6) is -1.47. The monoisotopic (exact) mass is 518 g/mol. The molecule has 1 amide bonds. The zero-order valence-electron chi connectivity index (χ0n) is 16.4. The van der Waals surface area contributed by atoms with E-state index in [4.69, 9.17) is 0 Å². The number of carbonyl (C=O) groups excluding carboxylic acids is 2. The predicted molar refractivity (Wildman–Crippen MR) is 120 cm³/mol. The van der Waals surface area contributed by atoms with Crippen LogP contribution >= 0.6 is 30.3 Å². The van der Waals surface area contributed by atoms with Crippen LogP contribution in [0.3, 0.4) is 0 Å². The maximum absolute atomic E-state index is 14.5. The van der Waals surface area contributed by atoms with Crippen LogP contribution in [0.2, 0.25) is 0 Å². The number of hydrogen-bond donors (Lipinski definition) is 1. The van der Waals surface area contributed by atoms with Gasteiger partial charge in [-0.2, -0.15) is 5.26 Å². The highest BCUT2D eigenvalue weighted by Crippen LogP contribution is 2.27. The van der Waals surface area contributed by atoms with Crippen LogP contribution in [0.1, 0.15) is 20.3 Å². The summed E-state index contributed by atoms with van der Waals surface area (Å²) in [5.41, 5.74) is 0.778. The number of nitrogens with one attached hydrogen (secondary N) is 1. The van der Waals surface area contributed by atoms with Crippen molar-refractivity contribution in [3.63, 3.8) is 0 Å². The van der Waals surface area contributed by atoms with E-state index in [1.165, 1.54) is 34.4 Å². The van der Waals surface area contributed by atoms with Gasteiger partial charge in [0.05, 0.1) is 17.9 Å². The van der Waals surface area contributed by atoms with Crippen molar-refractivity contribution in [1.29, 1.82) is 5.26 Å². The Morgan fingerprint density at radius 2 is 1.96 bits per heavy atom. The molecule has 0 radical (unpaired) electrons. The molecule has 0 saturated carbocycles. The minimum atomic E-state index is -0.590. The summed E-state index contributed by atoms with van der Waals surface area (Å²) in [4.78, 5) is 25.3. The van der Waals surface area contributed by atoms with Gasteiger partial charge in [0.15, 0.2) is 0 Å². The summed E-state index contributed by atoms with van der Waals surface area (Å²) in [6.45, 7) is 10.5. The molecule has 0 unspecified atom stereocenters. The molecule has 0 aliphatic rings. The molecule has 0 atom stereocenters. The lowest BCUT2D eigenvalue weighted by Gasteiger charge is -2.22. The molecule has 0 saturated heterocycles. The third-order valence-corrected chi connectivity index (χ3v) is 5.07. The van der Waals surface area contributed by atoms with E-state index in [2.05, 4.69) is 18.5 Å². The minimum absolute atomic E-state index is 0.0444. The summed E-state index contributed by atoms with van der Waals surface area (Å²) in [6.07, 6.45) is 4.37. The maximum atomic E-state index is 14.5. The van der Waals surface area contributed by atoms with Crippen LogP contribution in [-0.4, -0.2) is 41.5 Å². The van der Waals surface area contributed by atoms with Gasteiger partial charge < -0.3 is 14.5 Å². The third kappa shape index (κ3) is 9.23. The van der Waals surface area contributed by atoms with Gasteiger partial charge in [0.25, 0.3) is 0 Å². The lowest BCUT2D eigenvalue weighted by Crippen LogP contribution is -2.23. The van der Waals surface area contributed by atoms with Crippen molar-refractivity contribution in [2.75, 3.05) is 20.6 Å². The zero-order valence-corrected chi connectivity index (χ0v) is 19.4. The van der Waals surface area contributed by atoms with E-state index < -0.39 is 11.6 Å². The molecule has 28 heavy (non-hydrogen) atoms. The van der Waals surface area contributed by atoms with Gasteiger partial charge in [-0.25, -0.2) is 4.39 Å². The first kappa shape index (κ1) is 25.9. The fraction of sp³-hybridized carbons (Fsp3) is 0.316. The number of nitrogens with zero attached hydrogens (tertiary/aromatic N) is 3. The number of allylic oxidation sites excluding steroid dienone is 4. The highest BCUT2D eigenvalue weighted by atomic mass is 127. The standard InChI is InChI=1S/C19H24FIN4O2S/c1-7-8-18(23-15(4)26)17(20)9-13(2)11-25(28-21)14(3)19(27)16(10-22)12-24(5)6/h7,9,12H,1,3,8,11H2,2,4-6H3,(H,23,26)/b13-9-,16-12+,18-17-. The topological polar surface area (TPSA) is 76.4 Å². The predicted octanol–water partition coefficient (Wildman–Crippen LogP) is 4.18. The summed E-state index contributed by atoms with van der Waals surface area (Å²) in [5, 5.41) is 11.6. The molecule has 0 aromatic heterocycles. The number of Topliss-reactive ketones (excluding diaryl/α,β-unsaturated/α-hetero) is 1. The smallest absolute Gasteiger partial charge is 0.221 e. The lowest BCUT2D eigenvalue weighted by molar-refractivity contribution is -0.118. The van der Waals surface area contributed by atoms with E-state index in [0.717, 1.165) is 0 Å². The molecular weight excluding hydrogens is 494 g/mol. The van der Waals surface area contributed by atoms with Gasteiger partial charge in [0.1, 0.15) is 17.5 Å². The molecule has 0 rings (SSSR count). The van der Waals surface area contributed by atoms with Crippen LogP contribution < -0.4 is 5.32 Å². The minimum Gasteiger partial charge on any atom is -0.382 e. The van der Waals surface area contributed by atoms with Crippen LogP contribution in [0.25, 0.3) is 0 Å². The van der Waals surface area contributed by atoms with Crippen molar-refractivity contribution in [2.45, 2.75) is 20.3 Å². The van der Waals surface area contributed by atoms with E-state index in [1.54, 1.807) is 30.2 Å². The molecule has 0 spiro atoms. The fourth-order valence-electron chi connectivity index (χ4n) is 1.97. The normalized spacial score (nSPS) is 12.5. The highest BCUT2D eigenvalue weighted by Gasteiger charge is 2.20. The molecule has 9 heteroatoms. The summed E-state index contributed by atoms with van der Waals surface area (Å²) >= 11 is 1.98. The first-order valence-corrected chi connectivity index (χ1v) is 11.4. The average Bonchev–Trinajstić information content (AvgIpc) is 2.61. The van der Waals surface area contributed by atoms with E-state index in [1.807, 2.05) is 27.3 Å². The van der Waals surface area contributed by atoms with Crippen molar-refractivity contribution >= 4 is 42.0 Å². The Bertz CT molecular complexity index is 766. The summed E-state index contributed by atoms with van der Waals surface area (Å²) in [7, 11) is 4.61. The van der Waals surface area contributed by atoms with Crippen molar-refractivity contribution in [1.82, 2.24) is 14.5 Å². The van der Waals surface area contributed by atoms with Gasteiger partial charge in [-0.15, -0.1) is 6.58 Å². The average molecular weight is 518 g/mol. The van der Waals surface area contributed by atoms with Crippen molar-refractivity contribution in [3.8, 4) is 6.07 Å². The molecule has 0 aliphatic carbocycles. The lowest BCUT2D eigenvalue weighted by atomic mass is 10.1. The van der Waals surface area contributed by atoms with E-state index >= 15 is 0 Å². The SMILES string of the molecule is C=CC/C(NC(C)=O)=C(F)\C=C(\C)CN(SI)C(=C)C(=O)/C(C#N)=C/N(C)C. The molecular formula is C19H24FIN4O2S. The molecule has 0 heterocycles. The molecule has 0 aromatic rings. The fourth-order valence-corrected chi connectivity index (χ4v) is 3.52. The zero-order chi connectivity index (χ0) is 21.9. The number of hydrogen-bond acceptors (Lipinski definition) is 6. The first-order valence-electron chi connectivity index (χ1n) is 8.09. The number of ketones is 1. The first-order chi connectivity index (χ1) is 13.1. The van der Waals surface area contributed by atoms with Crippen molar-refractivity contribution in [2.24, 2.45) is 0 Å². The summed E-state index contributed by atoms with van der Waals surface area (Å²) in [6, 6.07) is 1.86. The Morgan fingerprint density at radius 3 is 2.39 bits per heavy atom. The van der Waals surface area contributed by atoms with Crippen molar-refractivity contribution in [3.05, 3.63) is 59.9 Å². The molecule has 6 nitrogen and oxygen atoms in total. The summed E-state index contributed by atoms with van der Waals surface area (Å²) < 4.78 is 16.0. The molecule has 0 aliphatic heterocycles. The van der Waals surface area contributed by atoms with Crippen LogP contribution in [0.4, 0.5) is 4.39 Å². The van der Waals surface area contributed by atoms with Crippen molar-refractivity contribution < 1.29 is 14.0 Å². The van der Waals surface area contributed by atoms with E-state index in [9.17, 15) is 19.2 Å². The number of halogens is 2. The van der Waals surface area contributed by atoms with Crippen LogP contribution in [0.15, 0.2) is 59.9 Å². The van der Waals surface area contributed by atoms with Gasteiger partial charge in [-0.3, -0.25) is 9.59 Å². The van der Waals surface area contributed by atoms with Gasteiger partial charge in [-0.1, -0.05) is 18.2 Å². The molecule has 152 valence electrons. The second kappa shape index (κ2) is 13.2. The maximum Gasteiger partial charge on any atom is 0.221 e. The number of nitriles is 1. The molecule has 0 aromatic carbocycles. The van der Waals surface area contributed by atoms with Crippen LogP contribution in [0.5, 0.6) is 0 Å². The van der Waals surface area contributed by atoms with E-state index in [-0.39, 0.29) is 35.8 Å². The second-order valence-corrected chi connectivity index (χ2v) is 7.75. The Hall–Kier alpha value is -2.06. The van der Waals surface area contributed by atoms with Gasteiger partial charge in [-0.05, 0) is 13.0 Å². The number of rotatable bonds is 11. The largest absolute Gasteiger partial charge is 0.382 e. The number of amides is 1. The van der Waals surface area contributed by atoms with E-state index in [0.29, 0.717) is 5.57 Å². The second-order valence-electron chi connectivity index (χ2n) is 5.99. The van der Waals surface area contributed by atoms with Crippen LogP contribution in [-0.2, 0) is 9.59 Å². The van der Waals surface area contributed by atoms with Gasteiger partial charge in [0.2, 0.25) is 11.7 Å². The molecule has 0 bridgehead atoms. The quantitative estimate of drug-likeness (QED) is 0.111. The Labute approximate surface area is 182 Å². The third-order valence-electron chi connectivity index (χ3n) is 3.13. The molecule has 0 fully saturated rings. The van der Waals surface area contributed by atoms with Gasteiger partial charge >= 0.3 is 0 Å². The Balaban J connectivity index is 5.53. The Morgan fingerprint density at radius 1 is 1.36 bits per heavy atom. The van der Waals surface area contributed by atoms with Gasteiger partial charge in [0, 0.05) is 64.0 Å². The number of carbonyl (C=O) groups is 2. The van der Waals surface area contributed by atoms with Crippen LogP contribution in [0, 0.1) is 11.3 Å². The Kier molecular flexibility index (Phi) is 12.2.